The second-order valence-corrected chi connectivity index (χ2v) is 9.52. The summed E-state index contributed by atoms with van der Waals surface area (Å²) >= 11 is 0. The van der Waals surface area contributed by atoms with Gasteiger partial charge in [0.25, 0.3) is 0 Å². The van der Waals surface area contributed by atoms with E-state index < -0.39 is 0 Å². The van der Waals surface area contributed by atoms with Crippen molar-refractivity contribution in [2.75, 3.05) is 20.2 Å². The second-order valence-electron chi connectivity index (χ2n) is 9.52. The maximum atomic E-state index is 13.8. The van der Waals surface area contributed by atoms with Gasteiger partial charge in [0.15, 0.2) is 0 Å². The molecule has 0 spiro atoms. The van der Waals surface area contributed by atoms with Crippen molar-refractivity contribution in [2.24, 2.45) is 5.92 Å². The Morgan fingerprint density at radius 3 is 2.18 bits per heavy atom. The Bertz CT molecular complexity index is 1040. The number of nitrogens with zero attached hydrogens (tertiary/aromatic N) is 1. The van der Waals surface area contributed by atoms with Gasteiger partial charge in [-0.25, -0.2) is 8.78 Å². The van der Waals surface area contributed by atoms with Gasteiger partial charge in [0.2, 0.25) is 0 Å². The lowest BCUT2D eigenvalue weighted by Crippen LogP contribution is -2.58. The fourth-order valence-corrected chi connectivity index (χ4v) is 6.02. The third-order valence-electron chi connectivity index (χ3n) is 7.63. The third-order valence-corrected chi connectivity index (χ3v) is 7.63. The first-order valence-electron chi connectivity index (χ1n) is 12.2. The van der Waals surface area contributed by atoms with Gasteiger partial charge in [-0.05, 0) is 79.7 Å². The normalized spacial score (nSPS) is 24.2. The Kier molecular flexibility index (Phi) is 6.93. The molecule has 3 aromatic rings. The van der Waals surface area contributed by atoms with E-state index in [1.54, 1.807) is 7.11 Å². The number of methoxy groups -OCH3 is 1. The third kappa shape index (κ3) is 4.73. The molecule has 5 heteroatoms. The molecule has 4 atom stereocenters. The van der Waals surface area contributed by atoms with E-state index in [0.29, 0.717) is 5.92 Å². The van der Waals surface area contributed by atoms with Crippen LogP contribution in [0.3, 0.4) is 0 Å². The van der Waals surface area contributed by atoms with Crippen LogP contribution in [-0.2, 0) is 6.54 Å². The molecule has 3 fully saturated rings. The van der Waals surface area contributed by atoms with Crippen molar-refractivity contribution in [2.45, 2.75) is 43.8 Å². The van der Waals surface area contributed by atoms with Crippen LogP contribution in [0.2, 0.25) is 0 Å². The van der Waals surface area contributed by atoms with Gasteiger partial charge >= 0.3 is 0 Å². The van der Waals surface area contributed by atoms with Crippen LogP contribution in [0, 0.1) is 17.6 Å². The van der Waals surface area contributed by atoms with Gasteiger partial charge in [-0.3, -0.25) is 4.90 Å². The summed E-state index contributed by atoms with van der Waals surface area (Å²) in [5.41, 5.74) is 3.27. The van der Waals surface area contributed by atoms with Gasteiger partial charge in [0, 0.05) is 30.1 Å². The van der Waals surface area contributed by atoms with Crippen LogP contribution in [0.1, 0.15) is 41.9 Å². The van der Waals surface area contributed by atoms with Crippen molar-refractivity contribution in [3.63, 3.8) is 0 Å². The van der Waals surface area contributed by atoms with Gasteiger partial charge in [-0.1, -0.05) is 42.5 Å². The molecule has 3 aliphatic rings. The summed E-state index contributed by atoms with van der Waals surface area (Å²) in [5, 5.41) is 3.91. The van der Waals surface area contributed by atoms with Gasteiger partial charge in [0.05, 0.1) is 7.11 Å². The number of rotatable bonds is 7. The zero-order chi connectivity index (χ0) is 23.5. The number of nitrogens with one attached hydrogen (secondary N) is 1. The lowest BCUT2D eigenvalue weighted by Gasteiger charge is -2.47. The molecule has 0 amide bonds. The molecule has 3 aliphatic heterocycles. The second kappa shape index (κ2) is 10.2. The van der Waals surface area contributed by atoms with Crippen molar-refractivity contribution in [3.05, 3.63) is 101 Å². The first kappa shape index (κ1) is 23.0. The Morgan fingerprint density at radius 2 is 1.53 bits per heavy atom. The maximum absolute atomic E-state index is 13.8. The van der Waals surface area contributed by atoms with Crippen molar-refractivity contribution in [1.82, 2.24) is 10.2 Å². The van der Waals surface area contributed by atoms with Crippen LogP contribution in [0.5, 0.6) is 5.75 Å². The monoisotopic (exact) mass is 462 g/mol. The average Bonchev–Trinajstić information content (AvgIpc) is 3.20. The molecule has 34 heavy (non-hydrogen) atoms. The van der Waals surface area contributed by atoms with Crippen LogP contribution in [0.25, 0.3) is 0 Å². The highest BCUT2D eigenvalue weighted by atomic mass is 19.1. The summed E-state index contributed by atoms with van der Waals surface area (Å²) in [6.07, 6.45) is 3.53. The van der Waals surface area contributed by atoms with Crippen LogP contribution in [0.15, 0.2) is 72.8 Å². The van der Waals surface area contributed by atoms with Crippen molar-refractivity contribution in [1.29, 1.82) is 0 Å². The molecular formula is C29H32F2N2O. The number of ether oxygens (including phenoxy) is 1. The van der Waals surface area contributed by atoms with Gasteiger partial charge in [-0.15, -0.1) is 0 Å². The summed E-state index contributed by atoms with van der Waals surface area (Å²) in [5.74, 6) is 0.976. The van der Waals surface area contributed by atoms with E-state index in [9.17, 15) is 8.78 Å². The molecule has 1 N–H and O–H groups in total. The molecule has 3 aromatic carbocycles. The predicted octanol–water partition coefficient (Wildman–Crippen LogP) is 5.75. The predicted molar refractivity (Wildman–Crippen MR) is 131 cm³/mol. The Balaban J connectivity index is 1.53. The Labute approximate surface area is 200 Å². The number of para-hydroxylation sites is 1. The van der Waals surface area contributed by atoms with Crippen molar-refractivity contribution < 1.29 is 13.5 Å². The van der Waals surface area contributed by atoms with Crippen LogP contribution < -0.4 is 10.1 Å². The van der Waals surface area contributed by atoms with Gasteiger partial charge < -0.3 is 10.1 Å². The van der Waals surface area contributed by atoms with E-state index in [1.807, 2.05) is 42.5 Å². The number of halogens is 2. The topological polar surface area (TPSA) is 24.5 Å². The molecular weight excluding hydrogens is 430 g/mol. The lowest BCUT2D eigenvalue weighted by molar-refractivity contribution is 0.0860. The van der Waals surface area contributed by atoms with E-state index >= 15 is 0 Å². The fourth-order valence-electron chi connectivity index (χ4n) is 6.02. The minimum Gasteiger partial charge on any atom is -0.496 e. The van der Waals surface area contributed by atoms with Gasteiger partial charge in [-0.2, -0.15) is 0 Å². The fraction of sp³-hybridized carbons (Fsp3) is 0.379. The molecule has 2 unspecified atom stereocenters. The maximum Gasteiger partial charge on any atom is 0.123 e. The Morgan fingerprint density at radius 1 is 0.882 bits per heavy atom. The summed E-state index contributed by atoms with van der Waals surface area (Å²) in [7, 11) is 1.71. The van der Waals surface area contributed by atoms with Crippen molar-refractivity contribution in [3.8, 4) is 5.75 Å². The van der Waals surface area contributed by atoms with E-state index in [1.165, 1.54) is 43.5 Å². The van der Waals surface area contributed by atoms with Crippen LogP contribution in [-0.4, -0.2) is 37.2 Å². The number of hydrogen-bond acceptors (Lipinski definition) is 3. The largest absolute Gasteiger partial charge is 0.496 e. The number of fused-ring (bicyclic) bond motifs is 4. The molecule has 3 saturated heterocycles. The van der Waals surface area contributed by atoms with Crippen LogP contribution >= 0.6 is 0 Å². The molecule has 6 rings (SSSR count). The molecule has 3 heterocycles. The molecule has 0 aliphatic carbocycles. The Hall–Kier alpha value is -2.76. The van der Waals surface area contributed by atoms with E-state index in [2.05, 4.69) is 16.3 Å². The standard InChI is InChI=1S/C29H32F2N2O/c1-34-26-7-3-2-5-23(26)19-32-28-22-6-4-17-33(18-16-22)29(28)27(20-8-12-24(30)13-9-20)21-10-14-25(31)15-11-21/h2-3,5,7-15,22,27-29,32H,4,6,16-19H2,1H3/t22?,28-,29-/m0/s1. The molecule has 0 saturated carbocycles. The lowest BCUT2D eigenvalue weighted by atomic mass is 9.74. The first-order chi connectivity index (χ1) is 16.6. The highest BCUT2D eigenvalue weighted by Crippen LogP contribution is 2.41. The van der Waals surface area contributed by atoms with E-state index in [4.69, 9.17) is 4.74 Å². The highest BCUT2D eigenvalue weighted by Gasteiger charge is 2.44. The van der Waals surface area contributed by atoms with E-state index in [0.717, 1.165) is 42.1 Å². The zero-order valence-corrected chi connectivity index (χ0v) is 19.6. The number of piperidine rings is 1. The summed E-state index contributed by atoms with van der Waals surface area (Å²) < 4.78 is 33.3. The quantitative estimate of drug-likeness (QED) is 0.484. The summed E-state index contributed by atoms with van der Waals surface area (Å²) in [6.45, 7) is 2.82. The number of hydrogen-bond donors (Lipinski definition) is 1. The summed E-state index contributed by atoms with van der Waals surface area (Å²) in [6, 6.07) is 22.3. The summed E-state index contributed by atoms with van der Waals surface area (Å²) in [4.78, 5) is 2.60. The van der Waals surface area contributed by atoms with Gasteiger partial charge in [0.1, 0.15) is 17.4 Å². The minimum atomic E-state index is -0.241. The zero-order valence-electron chi connectivity index (χ0n) is 19.6. The minimum absolute atomic E-state index is 0.0114. The smallest absolute Gasteiger partial charge is 0.123 e. The average molecular weight is 463 g/mol. The van der Waals surface area contributed by atoms with Crippen LogP contribution in [0.4, 0.5) is 8.78 Å². The highest BCUT2D eigenvalue weighted by molar-refractivity contribution is 5.37. The molecule has 178 valence electrons. The molecule has 2 bridgehead atoms. The SMILES string of the molecule is COc1ccccc1CN[C@H]1C2CCCN(CC2)[C@H]1C(c1ccc(F)cc1)c1ccc(F)cc1. The van der Waals surface area contributed by atoms with Crippen molar-refractivity contribution >= 4 is 0 Å². The molecule has 0 radical (unpaired) electrons. The molecule has 0 aromatic heterocycles. The number of benzene rings is 3. The first-order valence-corrected chi connectivity index (χ1v) is 12.2. The van der Waals surface area contributed by atoms with E-state index in [-0.39, 0.29) is 29.6 Å². The molecule has 3 nitrogen and oxygen atoms in total.